The Bertz CT molecular complexity index is 273. The Morgan fingerprint density at radius 1 is 1.57 bits per heavy atom. The molecule has 1 unspecified atom stereocenters. The number of nitrogens with one attached hydrogen (secondary N) is 1. The molecule has 0 amide bonds. The molecule has 0 radical (unpaired) electrons. The highest BCUT2D eigenvalue weighted by atomic mass is 127. The summed E-state index contributed by atoms with van der Waals surface area (Å²) in [6.07, 6.45) is 0. The summed E-state index contributed by atoms with van der Waals surface area (Å²) in [5, 5.41) is 6.83. The van der Waals surface area contributed by atoms with Crippen LogP contribution in [0.5, 0.6) is 0 Å². The van der Waals surface area contributed by atoms with E-state index in [-0.39, 0.29) is 0 Å². The molecule has 0 fully saturated rings. The molecule has 1 atom stereocenters. The van der Waals surface area contributed by atoms with E-state index in [1.165, 1.54) is 5.01 Å². The number of aryl methyl sites for hydroxylation is 1. The second-order valence-electron chi connectivity index (χ2n) is 3.77. The minimum Gasteiger partial charge on any atom is -0.307 e. The van der Waals surface area contributed by atoms with E-state index >= 15 is 0 Å². The maximum Gasteiger partial charge on any atom is 0.107 e. The van der Waals surface area contributed by atoms with Gasteiger partial charge in [0.1, 0.15) is 5.01 Å². The van der Waals surface area contributed by atoms with Crippen LogP contribution in [0.2, 0.25) is 0 Å². The number of hydrogen-bond acceptors (Lipinski definition) is 3. The van der Waals surface area contributed by atoms with Crippen molar-refractivity contribution in [2.45, 2.75) is 33.4 Å². The zero-order chi connectivity index (χ0) is 10.6. The number of halogens is 1. The third-order valence-corrected chi connectivity index (χ3v) is 4.07. The molecule has 2 nitrogen and oxygen atoms in total. The molecule has 1 rings (SSSR count). The molecule has 0 spiro atoms. The van der Waals surface area contributed by atoms with Crippen LogP contribution in [0.15, 0.2) is 5.38 Å². The first kappa shape index (κ1) is 12.4. The van der Waals surface area contributed by atoms with E-state index < -0.39 is 0 Å². The predicted molar refractivity (Wildman–Crippen MR) is 71.2 cm³/mol. The first-order valence-corrected chi connectivity index (χ1v) is 7.24. The van der Waals surface area contributed by atoms with E-state index in [1.54, 1.807) is 11.3 Å². The standard InChI is InChI=1S/C10H17IN2S/c1-7(2)9(4-11)12-5-10-13-8(3)6-14-10/h6-7,9,12H,4-5H2,1-3H3. The molecule has 4 heteroatoms. The molecule has 14 heavy (non-hydrogen) atoms. The van der Waals surface area contributed by atoms with Crippen molar-refractivity contribution in [3.63, 3.8) is 0 Å². The first-order valence-electron chi connectivity index (χ1n) is 4.84. The molecular formula is C10H17IN2S. The van der Waals surface area contributed by atoms with Gasteiger partial charge in [0.2, 0.25) is 0 Å². The Labute approximate surface area is 104 Å². The lowest BCUT2D eigenvalue weighted by Crippen LogP contribution is -2.34. The molecule has 0 saturated heterocycles. The molecule has 0 aliphatic rings. The third kappa shape index (κ3) is 3.82. The summed E-state index contributed by atoms with van der Waals surface area (Å²) in [4.78, 5) is 4.43. The Kier molecular flexibility index (Phi) is 5.33. The fourth-order valence-corrected chi connectivity index (χ4v) is 3.22. The topological polar surface area (TPSA) is 24.9 Å². The summed E-state index contributed by atoms with van der Waals surface area (Å²) in [5.41, 5.74) is 1.13. The summed E-state index contributed by atoms with van der Waals surface area (Å²) >= 11 is 4.17. The normalized spacial score (nSPS) is 13.5. The van der Waals surface area contributed by atoms with Crippen LogP contribution in [0.3, 0.4) is 0 Å². The van der Waals surface area contributed by atoms with E-state index in [0.29, 0.717) is 12.0 Å². The second-order valence-corrected chi connectivity index (χ2v) is 5.59. The molecule has 0 aliphatic carbocycles. The van der Waals surface area contributed by atoms with Crippen molar-refractivity contribution in [1.29, 1.82) is 0 Å². The van der Waals surface area contributed by atoms with E-state index in [0.717, 1.165) is 16.7 Å². The van der Waals surface area contributed by atoms with Crippen LogP contribution in [0.25, 0.3) is 0 Å². The van der Waals surface area contributed by atoms with Crippen LogP contribution in [0.1, 0.15) is 24.5 Å². The maximum atomic E-state index is 4.43. The quantitative estimate of drug-likeness (QED) is 0.665. The number of thiazole rings is 1. The minimum atomic E-state index is 0.597. The average molecular weight is 324 g/mol. The Balaban J connectivity index is 2.39. The van der Waals surface area contributed by atoms with Crippen molar-refractivity contribution >= 4 is 33.9 Å². The molecular weight excluding hydrogens is 307 g/mol. The van der Waals surface area contributed by atoms with Gasteiger partial charge in [-0.05, 0) is 12.8 Å². The van der Waals surface area contributed by atoms with Gasteiger partial charge in [-0.1, -0.05) is 36.4 Å². The van der Waals surface area contributed by atoms with Gasteiger partial charge in [0.05, 0.1) is 0 Å². The van der Waals surface area contributed by atoms with E-state index in [4.69, 9.17) is 0 Å². The summed E-state index contributed by atoms with van der Waals surface area (Å²) < 4.78 is 1.15. The van der Waals surface area contributed by atoms with Crippen molar-refractivity contribution in [2.75, 3.05) is 4.43 Å². The zero-order valence-electron chi connectivity index (χ0n) is 8.88. The number of rotatable bonds is 5. The van der Waals surface area contributed by atoms with Gasteiger partial charge in [-0.2, -0.15) is 0 Å². The lowest BCUT2D eigenvalue weighted by Gasteiger charge is -2.19. The fraction of sp³-hybridized carbons (Fsp3) is 0.700. The number of aromatic nitrogens is 1. The molecule has 1 N–H and O–H groups in total. The van der Waals surface area contributed by atoms with Gasteiger partial charge in [-0.3, -0.25) is 0 Å². The average Bonchev–Trinajstić information content (AvgIpc) is 2.52. The SMILES string of the molecule is Cc1csc(CNC(CI)C(C)C)n1. The highest BCUT2D eigenvalue weighted by Crippen LogP contribution is 2.10. The first-order chi connectivity index (χ1) is 6.63. The van der Waals surface area contributed by atoms with Crippen LogP contribution in [-0.2, 0) is 6.54 Å². The molecule has 1 aromatic rings. The molecule has 80 valence electrons. The summed E-state index contributed by atoms with van der Waals surface area (Å²) in [7, 11) is 0. The van der Waals surface area contributed by atoms with Crippen molar-refractivity contribution < 1.29 is 0 Å². The molecule has 0 aromatic carbocycles. The molecule has 1 aromatic heterocycles. The van der Waals surface area contributed by atoms with Crippen LogP contribution >= 0.6 is 33.9 Å². The summed E-state index contributed by atoms with van der Waals surface area (Å²) in [5.74, 6) is 0.688. The van der Waals surface area contributed by atoms with Crippen LogP contribution in [-0.4, -0.2) is 15.5 Å². The van der Waals surface area contributed by atoms with Gasteiger partial charge in [-0.25, -0.2) is 4.98 Å². The highest BCUT2D eigenvalue weighted by Gasteiger charge is 2.11. The number of nitrogens with zero attached hydrogens (tertiary/aromatic N) is 1. The van der Waals surface area contributed by atoms with Crippen molar-refractivity contribution in [1.82, 2.24) is 10.3 Å². The van der Waals surface area contributed by atoms with Gasteiger partial charge >= 0.3 is 0 Å². The third-order valence-electron chi connectivity index (χ3n) is 2.15. The lowest BCUT2D eigenvalue weighted by atomic mass is 10.1. The van der Waals surface area contributed by atoms with Gasteiger partial charge in [-0.15, -0.1) is 11.3 Å². The van der Waals surface area contributed by atoms with Crippen LogP contribution in [0.4, 0.5) is 0 Å². The molecule has 0 saturated carbocycles. The van der Waals surface area contributed by atoms with Gasteiger partial charge < -0.3 is 5.32 Å². The van der Waals surface area contributed by atoms with Gasteiger partial charge in [0.25, 0.3) is 0 Å². The molecule has 0 aliphatic heterocycles. The van der Waals surface area contributed by atoms with Crippen molar-refractivity contribution in [2.24, 2.45) is 5.92 Å². The highest BCUT2D eigenvalue weighted by molar-refractivity contribution is 14.1. The van der Waals surface area contributed by atoms with Gasteiger partial charge in [0, 0.05) is 28.1 Å². The predicted octanol–water partition coefficient (Wildman–Crippen LogP) is 3.00. The molecule has 0 bridgehead atoms. The monoisotopic (exact) mass is 324 g/mol. The van der Waals surface area contributed by atoms with Crippen LogP contribution in [0, 0.1) is 12.8 Å². The number of alkyl halides is 1. The Hall–Kier alpha value is 0.320. The fourth-order valence-electron chi connectivity index (χ4n) is 1.17. The van der Waals surface area contributed by atoms with Gasteiger partial charge in [0.15, 0.2) is 0 Å². The zero-order valence-corrected chi connectivity index (χ0v) is 11.9. The summed E-state index contributed by atoms with van der Waals surface area (Å²) in [6.45, 7) is 7.45. The second kappa shape index (κ2) is 6.02. The number of hydrogen-bond donors (Lipinski definition) is 1. The minimum absolute atomic E-state index is 0.597. The van der Waals surface area contributed by atoms with Crippen molar-refractivity contribution in [3.8, 4) is 0 Å². The largest absolute Gasteiger partial charge is 0.307 e. The Morgan fingerprint density at radius 2 is 2.29 bits per heavy atom. The maximum absolute atomic E-state index is 4.43. The Morgan fingerprint density at radius 3 is 2.71 bits per heavy atom. The summed E-state index contributed by atoms with van der Waals surface area (Å²) in [6, 6.07) is 0.597. The van der Waals surface area contributed by atoms with Crippen LogP contribution < -0.4 is 5.32 Å². The van der Waals surface area contributed by atoms with Crippen molar-refractivity contribution in [3.05, 3.63) is 16.1 Å². The smallest absolute Gasteiger partial charge is 0.107 e. The van der Waals surface area contributed by atoms with E-state index in [9.17, 15) is 0 Å². The van der Waals surface area contributed by atoms with E-state index in [1.807, 2.05) is 6.92 Å². The van der Waals surface area contributed by atoms with E-state index in [2.05, 4.69) is 52.1 Å². The molecule has 1 heterocycles. The lowest BCUT2D eigenvalue weighted by molar-refractivity contribution is 0.436.